The molecule has 814 valence electrons. The van der Waals surface area contributed by atoms with E-state index in [1.807, 2.05) is 104 Å². The Morgan fingerprint density at radius 3 is 0.782 bits per heavy atom. The van der Waals surface area contributed by atoms with E-state index in [-0.39, 0.29) is 159 Å². The maximum absolute atomic E-state index is 11.7. The largest absolute Gasteiger partial charge is 0.469 e. The van der Waals surface area contributed by atoms with Crippen LogP contribution < -0.4 is 22.9 Å². The summed E-state index contributed by atoms with van der Waals surface area (Å²) >= 11 is 0. The number of methoxy groups -OCH3 is 2. The van der Waals surface area contributed by atoms with Crippen molar-refractivity contribution in [3.63, 3.8) is 0 Å². The molecule has 0 aromatic heterocycles. The van der Waals surface area contributed by atoms with Crippen molar-refractivity contribution >= 4 is 23.9 Å². The van der Waals surface area contributed by atoms with Crippen molar-refractivity contribution in [2.45, 2.75) is 413 Å². The van der Waals surface area contributed by atoms with Crippen molar-refractivity contribution in [3.8, 4) is 0 Å². The quantitative estimate of drug-likeness (QED) is 0.0115. The highest BCUT2D eigenvalue weighted by molar-refractivity contribution is 5.76. The molecule has 32 atom stereocenters. The molecule has 8 fully saturated rings. The highest BCUT2D eigenvalue weighted by Gasteiger charge is 2.47. The van der Waals surface area contributed by atoms with Crippen LogP contribution in [0.1, 0.15) is 231 Å². The van der Waals surface area contributed by atoms with E-state index in [0.717, 1.165) is 32.1 Å². The molecule has 0 radical (unpaired) electrons. The Hall–Kier alpha value is -8.44. The van der Waals surface area contributed by atoms with E-state index in [1.165, 1.54) is 14.2 Å². The van der Waals surface area contributed by atoms with Crippen LogP contribution in [0.2, 0.25) is 0 Å². The van der Waals surface area contributed by atoms with Crippen LogP contribution >= 0.6 is 0 Å². The summed E-state index contributed by atoms with van der Waals surface area (Å²) in [5.74, 6) is -1.13. The van der Waals surface area contributed by atoms with Crippen LogP contribution in [0.5, 0.6) is 0 Å². The molecule has 8 aliphatic rings. The predicted molar refractivity (Wildman–Crippen MR) is 529 cm³/mol. The first-order chi connectivity index (χ1) is 67.2. The predicted octanol–water partition coefficient (Wildman–Crippen LogP) is 14.8. The van der Waals surface area contributed by atoms with E-state index in [0.29, 0.717) is 85.3 Å². The third kappa shape index (κ3) is 45.7. The van der Waals surface area contributed by atoms with E-state index in [4.69, 9.17) is 152 Å². The van der Waals surface area contributed by atoms with Crippen LogP contribution in [0, 0.1) is 34.5 Å². The van der Waals surface area contributed by atoms with E-state index in [2.05, 4.69) is 87.1 Å². The van der Waals surface area contributed by atoms with Gasteiger partial charge in [0.25, 0.3) is 0 Å². The van der Waals surface area contributed by atoms with Crippen molar-refractivity contribution in [3.05, 3.63) is 83.5 Å². The molecule has 8 aliphatic heterocycles. The van der Waals surface area contributed by atoms with Gasteiger partial charge in [0.2, 0.25) is 0 Å². The van der Waals surface area contributed by atoms with Gasteiger partial charge in [-0.15, -0.1) is 0 Å². The molecule has 142 heavy (non-hydrogen) atoms. The summed E-state index contributed by atoms with van der Waals surface area (Å²) in [6.45, 7) is 54.0. The molecule has 0 aromatic carbocycles. The number of carbonyl (C=O) groups excluding carboxylic acids is 4. The fourth-order valence-electron chi connectivity index (χ4n) is 16.3. The zero-order chi connectivity index (χ0) is 108. The van der Waals surface area contributed by atoms with Crippen LogP contribution in [0.3, 0.4) is 0 Å². The SMILES string of the molecule is CC.CCC1OCC(C)[C@@H](O)[C@H]1N=[N+]=[N-].CCC1OCC(C)[C@@H](OCC(=O)OC(C)(C)C)[C@H]1N=[N+]=[N-].CCC1OCC(C)[C@@H](OCC(C)(C)C(=O)OC)[C@H]1N=[N+]=[N-].CCC1OCC(N)[C@@H](O)[C@H]1N=[N+]=[N-].CCC1OCC(N)[C@@H](OCC(=O)OC(C)(C)C)[C@H]1N=[N+]=[N-].CCC1OCC(N)[C@@H](OCC(C)(C)C(=O)OC)[C@H]1N=[N+]=[N-].CCO[C@@H]1C(C)COC(CC)[C@@H]1N=[N+]=[N-].CCO[C@@H]1C(N)COC(CC)[C@@H]1N=[N+]=[N-]. The van der Waals surface area contributed by atoms with Crippen molar-refractivity contribution in [2.75, 3.05) is 107 Å². The fraction of sp³-hybridized carbons (Fsp3) is 0.956. The van der Waals surface area contributed by atoms with Crippen molar-refractivity contribution in [1.29, 1.82) is 0 Å². The number of esters is 4. The highest BCUT2D eigenvalue weighted by Crippen LogP contribution is 2.35. The molecule has 0 saturated carbocycles. The average Bonchev–Trinajstić information content (AvgIpc) is 0.814. The molecule has 0 aliphatic carbocycles. The molecule has 16 unspecified atom stereocenters. The van der Waals surface area contributed by atoms with Gasteiger partial charge in [0, 0.05) is 76.2 Å². The summed E-state index contributed by atoms with van der Waals surface area (Å²) < 4.78 is 98.4. The lowest BCUT2D eigenvalue weighted by Crippen LogP contribution is -2.57. The number of ether oxygens (including phenoxy) is 18. The number of aliphatic hydroxyl groups excluding tert-OH is 2. The normalized spacial score (nSPS) is 32.4. The molecule has 0 bridgehead atoms. The third-order valence-corrected chi connectivity index (χ3v) is 23.8. The summed E-state index contributed by atoms with van der Waals surface area (Å²) in [5, 5.41) is 49.1. The summed E-state index contributed by atoms with van der Waals surface area (Å²) in [6, 6.07) is -4.89. The van der Waals surface area contributed by atoms with Crippen LogP contribution in [-0.2, 0) is 104 Å². The van der Waals surface area contributed by atoms with Gasteiger partial charge in [-0.1, -0.05) is 138 Å². The first-order valence-electron chi connectivity index (χ1n) is 49.1. The minimum Gasteiger partial charge on any atom is -0.469 e. The molecule has 52 heteroatoms. The lowest BCUT2D eigenvalue weighted by Gasteiger charge is -2.40. The lowest BCUT2D eigenvalue weighted by atomic mass is 9.89. The zero-order valence-corrected chi connectivity index (χ0v) is 88.9. The summed E-state index contributed by atoms with van der Waals surface area (Å²) in [6.07, 6.45) is 1.41. The number of hydrogen-bond acceptors (Lipinski definition) is 36. The van der Waals surface area contributed by atoms with Crippen LogP contribution in [0.15, 0.2) is 40.9 Å². The minimum atomic E-state index is -0.797. The molecule has 8 heterocycles. The summed E-state index contributed by atoms with van der Waals surface area (Å²) in [4.78, 5) is 69.4. The number of nitrogens with two attached hydrogens (primary N) is 4. The fourth-order valence-corrected chi connectivity index (χ4v) is 16.3. The maximum Gasteiger partial charge on any atom is 0.332 e. The topological polar surface area (TPSA) is 769 Å². The summed E-state index contributed by atoms with van der Waals surface area (Å²) in [7, 11) is 2.69. The molecule has 10 N–H and O–H groups in total. The number of hydrogen-bond donors (Lipinski definition) is 6. The van der Waals surface area contributed by atoms with Crippen LogP contribution in [-0.4, -0.2) is 322 Å². The Morgan fingerprint density at radius 1 is 0.310 bits per heavy atom. The third-order valence-electron chi connectivity index (χ3n) is 23.8. The number of nitrogens with zero attached hydrogens (tertiary/aromatic N) is 24. The molecule has 8 rings (SSSR count). The molecule has 0 aromatic rings. The van der Waals surface area contributed by atoms with Crippen LogP contribution in [0.4, 0.5) is 0 Å². The second-order valence-electron chi connectivity index (χ2n) is 38.2. The first-order valence-corrected chi connectivity index (χ1v) is 49.1. The van der Waals surface area contributed by atoms with Gasteiger partial charge in [-0.05, 0) is 179 Å². The van der Waals surface area contributed by atoms with Gasteiger partial charge >= 0.3 is 23.9 Å². The van der Waals surface area contributed by atoms with E-state index < -0.39 is 107 Å². The first kappa shape index (κ1) is 134. The van der Waals surface area contributed by atoms with Crippen LogP contribution in [0.25, 0.3) is 83.5 Å². The van der Waals surface area contributed by atoms with E-state index >= 15 is 0 Å². The Balaban J connectivity index is 0.00000161. The Kier molecular flexibility index (Phi) is 66.9. The van der Waals surface area contributed by atoms with Gasteiger partial charge in [0.1, 0.15) is 24.4 Å². The molecule has 0 spiro atoms. The number of aliphatic hydroxyl groups is 2. The zero-order valence-electron chi connectivity index (χ0n) is 88.9. The van der Waals surface area contributed by atoms with Crippen molar-refractivity contribution in [2.24, 2.45) is 98.4 Å². The van der Waals surface area contributed by atoms with Gasteiger partial charge in [0.05, 0.1) is 261 Å². The molecular weight excluding hydrogens is 1860 g/mol. The number of azide groups is 8. The van der Waals surface area contributed by atoms with E-state index in [1.54, 1.807) is 69.2 Å². The smallest absolute Gasteiger partial charge is 0.332 e. The molecule has 52 nitrogen and oxygen atoms in total. The Labute approximate surface area is 836 Å². The molecular formula is C90H170N28O24. The van der Waals surface area contributed by atoms with Gasteiger partial charge < -0.3 is 118 Å². The van der Waals surface area contributed by atoms with Gasteiger partial charge in [-0.2, -0.15) is 0 Å². The summed E-state index contributed by atoms with van der Waals surface area (Å²) in [5.41, 5.74) is 89.3. The lowest BCUT2D eigenvalue weighted by molar-refractivity contribution is -0.170. The van der Waals surface area contributed by atoms with E-state index in [9.17, 15) is 29.4 Å². The van der Waals surface area contributed by atoms with Gasteiger partial charge in [0.15, 0.2) is 0 Å². The Morgan fingerprint density at radius 2 is 0.514 bits per heavy atom. The number of carbonyl (C=O) groups is 4. The Bertz CT molecular complexity index is 3760. The molecule has 0 amide bonds. The molecule has 8 saturated heterocycles. The van der Waals surface area contributed by atoms with Crippen molar-refractivity contribution < 1.29 is 115 Å². The second kappa shape index (κ2) is 71.2. The van der Waals surface area contributed by atoms with Crippen molar-refractivity contribution in [1.82, 2.24) is 0 Å². The monoisotopic (exact) mass is 2030 g/mol. The second-order valence-corrected chi connectivity index (χ2v) is 38.2. The average molecular weight is 2030 g/mol. The standard InChI is InChI=1S/2C14H25N3O4.2C13H24N4O4.C10H19N3O2.C9H18N4O2.C8H15N3O2.C7H14N4O2.C2H6/c1-6-10-11(16-17-15)12(9(2)7-20-10)21-8-14(3,4)13(18)19-5;1-6-10-12(16-17-15)13(9(2)7-19-10)20-8-11(18)21-14(3,4)5;1-5-9-10(16-17-15)11(8(14)6-20-9)21-7-13(2,3)12(18)19-4;1-5-9-11(16-17-15)12(8(14)6-19-9)20-7-10(18)21-13(2,3)4;1-4-8-9(12-13-11)10(14-5-2)7(3)6-15-8;1-3-7-8(12-13-11)9(14-4-2)6(10)5-15-7;1-3-6-7(10-11-9)8(12)5(2)4-13-6;1-2-5-6(10-11-9)7(12)4(8)3-13-5;1-2/h9-12H,6-8H2,1-5H3;9-10,12-13H,6-8H2,1-5H3;8-11H,5-7,14H2,1-4H3;8-9,11-12H,5-7,14H2,1-4H3;7-10H,4-6H2,1-3H3;6-9H,3-5,10H2,1-2H3;5-8,12H,3-4H2,1-2H3;4-7,12H,2-3,8H2,1H3;1-2H3/t9?,10?,11-,12+;9?,10?,12-,13+;8?,9?,10-,11+;8?,9?,11-,12+;7?,8?,9-,10+;6?,7?,8-,9+;5?,6?,7-,8+;4?,5?,6-,7+;/m00000000./s1. The number of rotatable bonds is 34. The minimum absolute atomic E-state index is 0.00588. The van der Waals surface area contributed by atoms with Gasteiger partial charge in [-0.25, -0.2) is 9.59 Å². The maximum atomic E-state index is 11.7. The highest BCUT2D eigenvalue weighted by atomic mass is 16.6. The van der Waals surface area contributed by atoms with Gasteiger partial charge in [-0.3, -0.25) is 9.59 Å².